The van der Waals surface area contributed by atoms with Crippen molar-refractivity contribution in [3.63, 3.8) is 0 Å². The van der Waals surface area contributed by atoms with Crippen molar-refractivity contribution in [1.29, 1.82) is 0 Å². The lowest BCUT2D eigenvalue weighted by Crippen LogP contribution is -2.59. The molecule has 0 aromatic rings. The summed E-state index contributed by atoms with van der Waals surface area (Å²) < 4.78 is 12.6. The number of ketones is 4. The summed E-state index contributed by atoms with van der Waals surface area (Å²) in [6, 6.07) is 0. The Morgan fingerprint density at radius 3 is 1.79 bits per heavy atom. The molecule has 1 rings (SSSR count). The zero-order chi connectivity index (χ0) is 15.2. The first-order chi connectivity index (χ1) is 8.49. The van der Waals surface area contributed by atoms with Gasteiger partial charge in [0.15, 0.2) is 23.1 Å². The van der Waals surface area contributed by atoms with Crippen LogP contribution in [-0.4, -0.2) is 29.8 Å². The van der Waals surface area contributed by atoms with Crippen molar-refractivity contribution >= 4 is 23.1 Å². The number of hydrogen-bond acceptors (Lipinski definition) is 4. The standard InChI is InChI=1S/C14H19FO4/c1-7(6-15)9(16)8-10(17)13(2,3)12(19)14(4,5)11(8)18/h7-8H,6H2,1-5H3. The molecule has 0 aliphatic heterocycles. The molecule has 0 radical (unpaired) electrons. The van der Waals surface area contributed by atoms with Crippen LogP contribution in [-0.2, 0) is 19.2 Å². The van der Waals surface area contributed by atoms with Gasteiger partial charge in [-0.05, 0) is 27.7 Å². The molecule has 0 aromatic heterocycles. The first-order valence-corrected chi connectivity index (χ1v) is 6.22. The maximum atomic E-state index is 12.6. The third-order valence-corrected chi connectivity index (χ3v) is 3.89. The van der Waals surface area contributed by atoms with Crippen molar-refractivity contribution in [3.8, 4) is 0 Å². The Morgan fingerprint density at radius 1 is 1.11 bits per heavy atom. The van der Waals surface area contributed by atoms with Crippen molar-refractivity contribution in [1.82, 2.24) is 0 Å². The van der Waals surface area contributed by atoms with Gasteiger partial charge in [0.1, 0.15) is 5.92 Å². The van der Waals surface area contributed by atoms with Gasteiger partial charge in [-0.15, -0.1) is 0 Å². The van der Waals surface area contributed by atoms with Gasteiger partial charge in [0.25, 0.3) is 0 Å². The minimum Gasteiger partial charge on any atom is -0.298 e. The van der Waals surface area contributed by atoms with Crippen LogP contribution in [0.25, 0.3) is 0 Å². The molecular weight excluding hydrogens is 251 g/mol. The van der Waals surface area contributed by atoms with E-state index in [1.807, 2.05) is 0 Å². The maximum Gasteiger partial charge on any atom is 0.163 e. The topological polar surface area (TPSA) is 68.3 Å². The Labute approximate surface area is 111 Å². The largest absolute Gasteiger partial charge is 0.298 e. The van der Waals surface area contributed by atoms with Gasteiger partial charge in [0, 0.05) is 5.92 Å². The van der Waals surface area contributed by atoms with Crippen LogP contribution < -0.4 is 0 Å². The van der Waals surface area contributed by atoms with Crippen molar-refractivity contribution in [3.05, 3.63) is 0 Å². The van der Waals surface area contributed by atoms with E-state index in [1.165, 1.54) is 34.6 Å². The highest BCUT2D eigenvalue weighted by Crippen LogP contribution is 2.41. The predicted octanol–water partition coefficient (Wildman–Crippen LogP) is 1.55. The first-order valence-electron chi connectivity index (χ1n) is 6.22. The zero-order valence-electron chi connectivity index (χ0n) is 11.9. The van der Waals surface area contributed by atoms with E-state index in [0.717, 1.165) is 0 Å². The second-order valence-electron chi connectivity index (χ2n) is 6.20. The normalized spacial score (nSPS) is 24.4. The average molecular weight is 270 g/mol. The molecule has 1 fully saturated rings. The van der Waals surface area contributed by atoms with E-state index in [-0.39, 0.29) is 0 Å². The summed E-state index contributed by atoms with van der Waals surface area (Å²) in [6.07, 6.45) is 0. The quantitative estimate of drug-likeness (QED) is 0.730. The Balaban J connectivity index is 3.33. The number of carbonyl (C=O) groups is 4. The fraction of sp³-hybridized carbons (Fsp3) is 0.714. The number of hydrogen-bond donors (Lipinski definition) is 0. The van der Waals surface area contributed by atoms with Gasteiger partial charge in [-0.2, -0.15) is 0 Å². The molecule has 19 heavy (non-hydrogen) atoms. The van der Waals surface area contributed by atoms with Crippen LogP contribution in [0.1, 0.15) is 34.6 Å². The fourth-order valence-corrected chi connectivity index (χ4v) is 2.46. The van der Waals surface area contributed by atoms with E-state index in [9.17, 15) is 23.6 Å². The number of halogens is 1. The Bertz CT molecular complexity index is 432. The molecule has 0 aromatic carbocycles. The van der Waals surface area contributed by atoms with Crippen LogP contribution in [0.15, 0.2) is 0 Å². The van der Waals surface area contributed by atoms with Gasteiger partial charge < -0.3 is 0 Å². The molecule has 1 atom stereocenters. The van der Waals surface area contributed by atoms with E-state index < -0.39 is 52.5 Å². The van der Waals surface area contributed by atoms with Crippen molar-refractivity contribution in [2.75, 3.05) is 6.67 Å². The Kier molecular flexibility index (Phi) is 3.81. The summed E-state index contributed by atoms with van der Waals surface area (Å²) in [5.41, 5.74) is -2.79. The molecule has 0 amide bonds. The maximum absolute atomic E-state index is 12.6. The van der Waals surface area contributed by atoms with Gasteiger partial charge in [-0.1, -0.05) is 6.92 Å². The molecule has 0 N–H and O–H groups in total. The fourth-order valence-electron chi connectivity index (χ4n) is 2.46. The van der Waals surface area contributed by atoms with Crippen LogP contribution in [0.4, 0.5) is 4.39 Å². The monoisotopic (exact) mass is 270 g/mol. The Hall–Kier alpha value is -1.39. The molecule has 0 spiro atoms. The van der Waals surface area contributed by atoms with Gasteiger partial charge in [-0.25, -0.2) is 0 Å². The summed E-state index contributed by atoms with van der Waals surface area (Å²) in [5, 5.41) is 0. The summed E-state index contributed by atoms with van der Waals surface area (Å²) >= 11 is 0. The molecule has 4 nitrogen and oxygen atoms in total. The molecular formula is C14H19FO4. The number of carbonyl (C=O) groups excluding carboxylic acids is 4. The molecule has 1 unspecified atom stereocenters. The summed E-state index contributed by atoms with van der Waals surface area (Å²) in [7, 11) is 0. The predicted molar refractivity (Wildman–Crippen MR) is 66.2 cm³/mol. The minimum absolute atomic E-state index is 0.494. The molecule has 0 saturated heterocycles. The van der Waals surface area contributed by atoms with Gasteiger partial charge in [0.2, 0.25) is 0 Å². The Morgan fingerprint density at radius 2 is 1.47 bits per heavy atom. The number of Topliss-reactive ketones (excluding diaryl/α,β-unsaturated/α-hetero) is 4. The SMILES string of the molecule is CC(CF)C(=O)C1C(=O)C(C)(C)C(=O)C(C)(C)C1=O. The van der Waals surface area contributed by atoms with E-state index in [2.05, 4.69) is 0 Å². The third kappa shape index (κ3) is 2.15. The minimum atomic E-state index is -1.52. The highest BCUT2D eigenvalue weighted by Gasteiger charge is 2.60. The molecule has 0 heterocycles. The van der Waals surface area contributed by atoms with Crippen molar-refractivity contribution in [2.24, 2.45) is 22.7 Å². The molecule has 1 aliphatic carbocycles. The second kappa shape index (κ2) is 4.62. The van der Waals surface area contributed by atoms with Gasteiger partial charge in [0.05, 0.1) is 17.5 Å². The van der Waals surface area contributed by atoms with E-state index in [4.69, 9.17) is 0 Å². The highest BCUT2D eigenvalue weighted by atomic mass is 19.1. The highest BCUT2D eigenvalue weighted by molar-refractivity contribution is 6.35. The number of rotatable bonds is 3. The van der Waals surface area contributed by atoms with Crippen LogP contribution in [0.5, 0.6) is 0 Å². The summed E-state index contributed by atoms with van der Waals surface area (Å²) in [5.74, 6) is -5.19. The van der Waals surface area contributed by atoms with E-state index >= 15 is 0 Å². The van der Waals surface area contributed by atoms with Crippen molar-refractivity contribution < 1.29 is 23.6 Å². The molecule has 1 saturated carbocycles. The molecule has 0 bridgehead atoms. The number of alkyl halides is 1. The van der Waals surface area contributed by atoms with Crippen LogP contribution in [0, 0.1) is 22.7 Å². The summed E-state index contributed by atoms with van der Waals surface area (Å²) in [6.45, 7) is 6.04. The molecule has 5 heteroatoms. The zero-order valence-corrected chi connectivity index (χ0v) is 11.9. The summed E-state index contributed by atoms with van der Waals surface area (Å²) in [4.78, 5) is 48.7. The second-order valence-corrected chi connectivity index (χ2v) is 6.20. The van der Waals surface area contributed by atoms with Gasteiger partial charge >= 0.3 is 0 Å². The molecule has 1 aliphatic rings. The lowest BCUT2D eigenvalue weighted by molar-refractivity contribution is -0.162. The first kappa shape index (κ1) is 15.7. The van der Waals surface area contributed by atoms with Crippen LogP contribution in [0.3, 0.4) is 0 Å². The molecule has 106 valence electrons. The van der Waals surface area contributed by atoms with Crippen molar-refractivity contribution in [2.45, 2.75) is 34.6 Å². The smallest absolute Gasteiger partial charge is 0.163 e. The third-order valence-electron chi connectivity index (χ3n) is 3.89. The lowest BCUT2D eigenvalue weighted by Gasteiger charge is -2.40. The van der Waals surface area contributed by atoms with Gasteiger partial charge in [-0.3, -0.25) is 23.6 Å². The average Bonchev–Trinajstić information content (AvgIpc) is 2.34. The van der Waals surface area contributed by atoms with Crippen LogP contribution >= 0.6 is 0 Å². The van der Waals surface area contributed by atoms with E-state index in [0.29, 0.717) is 0 Å². The van der Waals surface area contributed by atoms with E-state index in [1.54, 1.807) is 0 Å². The lowest BCUT2D eigenvalue weighted by atomic mass is 9.57. The van der Waals surface area contributed by atoms with Crippen LogP contribution in [0.2, 0.25) is 0 Å².